The first kappa shape index (κ1) is 11.1. The van der Waals surface area contributed by atoms with Gasteiger partial charge in [-0.1, -0.05) is 32.0 Å². The van der Waals surface area contributed by atoms with E-state index in [4.69, 9.17) is 4.74 Å². The molecule has 0 saturated carbocycles. The zero-order valence-corrected chi connectivity index (χ0v) is 10.8. The highest BCUT2D eigenvalue weighted by atomic mass is 16.6. The summed E-state index contributed by atoms with van der Waals surface area (Å²) in [5.41, 5.74) is 3.18. The highest BCUT2D eigenvalue weighted by molar-refractivity contribution is 5.55. The molecule has 0 bridgehead atoms. The molecular weight excluding hydrogens is 210 g/mol. The summed E-state index contributed by atoms with van der Waals surface area (Å²) in [7, 11) is 0. The number of piperidine rings is 1. The van der Waals surface area contributed by atoms with E-state index in [-0.39, 0.29) is 5.60 Å². The maximum Gasteiger partial charge on any atom is 0.0950 e. The molecule has 17 heavy (non-hydrogen) atoms. The largest absolute Gasteiger partial charge is 0.371 e. The lowest BCUT2D eigenvalue weighted by Gasteiger charge is -2.34. The van der Waals surface area contributed by atoms with Gasteiger partial charge in [0.25, 0.3) is 0 Å². The van der Waals surface area contributed by atoms with Crippen molar-refractivity contribution in [2.24, 2.45) is 0 Å². The van der Waals surface area contributed by atoms with Crippen LogP contribution in [-0.4, -0.2) is 25.3 Å². The number of ether oxygens (including phenoxy) is 1. The molecule has 2 heterocycles. The Morgan fingerprint density at radius 3 is 2.41 bits per heavy atom. The molecule has 0 N–H and O–H groups in total. The van der Waals surface area contributed by atoms with Crippen LogP contribution in [0.25, 0.3) is 0 Å². The highest BCUT2D eigenvalue weighted by Crippen LogP contribution is 2.40. The van der Waals surface area contributed by atoms with Crippen LogP contribution in [0.15, 0.2) is 24.3 Å². The molecule has 0 amide bonds. The second kappa shape index (κ2) is 4.02. The molecule has 0 aromatic heterocycles. The van der Waals surface area contributed by atoms with Gasteiger partial charge in [0.1, 0.15) is 0 Å². The second-order valence-corrected chi connectivity index (χ2v) is 5.67. The number of epoxide rings is 1. The van der Waals surface area contributed by atoms with Gasteiger partial charge in [-0.25, -0.2) is 0 Å². The van der Waals surface area contributed by atoms with Gasteiger partial charge in [0.05, 0.1) is 12.2 Å². The van der Waals surface area contributed by atoms with Crippen LogP contribution >= 0.6 is 0 Å². The van der Waals surface area contributed by atoms with Gasteiger partial charge in [-0.05, 0) is 30.4 Å². The van der Waals surface area contributed by atoms with Crippen LogP contribution in [0, 0.1) is 0 Å². The van der Waals surface area contributed by atoms with Crippen LogP contribution in [0.1, 0.15) is 38.2 Å². The molecule has 1 aromatic rings. The molecule has 2 aliphatic heterocycles. The average Bonchev–Trinajstić information content (AvgIpc) is 3.10. The predicted molar refractivity (Wildman–Crippen MR) is 70.7 cm³/mol. The van der Waals surface area contributed by atoms with Gasteiger partial charge in [0.15, 0.2) is 0 Å². The summed E-state index contributed by atoms with van der Waals surface area (Å²) < 4.78 is 5.57. The van der Waals surface area contributed by atoms with Crippen molar-refractivity contribution in [2.45, 2.75) is 38.2 Å². The number of nitrogens with zero attached hydrogens (tertiary/aromatic N) is 1. The zero-order valence-electron chi connectivity index (χ0n) is 10.8. The van der Waals surface area contributed by atoms with Crippen molar-refractivity contribution in [1.29, 1.82) is 0 Å². The van der Waals surface area contributed by atoms with Crippen molar-refractivity contribution >= 4 is 5.69 Å². The number of para-hydroxylation sites is 1. The maximum absolute atomic E-state index is 5.57. The van der Waals surface area contributed by atoms with E-state index in [1.165, 1.54) is 24.1 Å². The summed E-state index contributed by atoms with van der Waals surface area (Å²) in [5.74, 6) is 0.597. The molecule has 3 rings (SSSR count). The molecule has 0 aliphatic carbocycles. The van der Waals surface area contributed by atoms with Crippen molar-refractivity contribution in [3.63, 3.8) is 0 Å². The Morgan fingerprint density at radius 1 is 1.18 bits per heavy atom. The minimum Gasteiger partial charge on any atom is -0.371 e. The van der Waals surface area contributed by atoms with Gasteiger partial charge >= 0.3 is 0 Å². The lowest BCUT2D eigenvalue weighted by molar-refractivity contribution is 0.258. The molecule has 0 radical (unpaired) electrons. The molecule has 2 saturated heterocycles. The van der Waals surface area contributed by atoms with Crippen LogP contribution in [0.2, 0.25) is 0 Å². The van der Waals surface area contributed by atoms with Crippen LogP contribution in [0.5, 0.6) is 0 Å². The predicted octanol–water partition coefficient (Wildman–Crippen LogP) is 3.18. The number of hydrogen-bond acceptors (Lipinski definition) is 2. The monoisotopic (exact) mass is 231 g/mol. The summed E-state index contributed by atoms with van der Waals surface area (Å²) in [4.78, 5) is 2.53. The summed E-state index contributed by atoms with van der Waals surface area (Å²) in [6.07, 6.45) is 2.39. The van der Waals surface area contributed by atoms with Crippen molar-refractivity contribution in [3.8, 4) is 0 Å². The van der Waals surface area contributed by atoms with E-state index >= 15 is 0 Å². The summed E-state index contributed by atoms with van der Waals surface area (Å²) >= 11 is 0. The maximum atomic E-state index is 5.57. The van der Waals surface area contributed by atoms with E-state index in [0.29, 0.717) is 5.92 Å². The minimum absolute atomic E-state index is 0.281. The van der Waals surface area contributed by atoms with Gasteiger partial charge < -0.3 is 9.64 Å². The summed E-state index contributed by atoms with van der Waals surface area (Å²) in [6.45, 7) is 7.82. The van der Waals surface area contributed by atoms with Gasteiger partial charge in [0.2, 0.25) is 0 Å². The van der Waals surface area contributed by atoms with Crippen molar-refractivity contribution in [2.75, 3.05) is 24.6 Å². The third-order valence-electron chi connectivity index (χ3n) is 4.13. The molecule has 2 nitrogen and oxygen atoms in total. The smallest absolute Gasteiger partial charge is 0.0950 e. The lowest BCUT2D eigenvalue weighted by atomic mass is 9.95. The van der Waals surface area contributed by atoms with Gasteiger partial charge in [-0.15, -0.1) is 0 Å². The van der Waals surface area contributed by atoms with Crippen LogP contribution < -0.4 is 4.90 Å². The zero-order chi connectivity index (χ0) is 11.9. The van der Waals surface area contributed by atoms with Crippen LogP contribution in [0.4, 0.5) is 5.69 Å². The number of rotatable bonds is 2. The number of benzene rings is 1. The van der Waals surface area contributed by atoms with E-state index in [2.05, 4.69) is 43.0 Å². The van der Waals surface area contributed by atoms with Crippen LogP contribution in [0.3, 0.4) is 0 Å². The van der Waals surface area contributed by atoms with Crippen molar-refractivity contribution < 1.29 is 4.74 Å². The fourth-order valence-electron chi connectivity index (χ4n) is 2.81. The second-order valence-electron chi connectivity index (χ2n) is 5.67. The Balaban J connectivity index is 1.79. The SMILES string of the molecule is CC(C)c1ccccc1N1CCC2(CC1)CO2. The molecule has 0 unspecified atom stereocenters. The van der Waals surface area contributed by atoms with Gasteiger partial charge in [-0.2, -0.15) is 0 Å². The summed E-state index contributed by atoms with van der Waals surface area (Å²) in [5, 5.41) is 0. The van der Waals surface area contributed by atoms with Gasteiger partial charge in [0, 0.05) is 18.8 Å². The first-order chi connectivity index (χ1) is 8.20. The first-order valence-corrected chi connectivity index (χ1v) is 6.68. The molecular formula is C15H21NO. The van der Waals surface area contributed by atoms with Crippen molar-refractivity contribution in [1.82, 2.24) is 0 Å². The average molecular weight is 231 g/mol. The molecule has 1 spiro atoms. The normalized spacial score (nSPS) is 22.2. The van der Waals surface area contributed by atoms with Gasteiger partial charge in [-0.3, -0.25) is 0 Å². The Bertz CT molecular complexity index is 399. The molecule has 0 atom stereocenters. The standard InChI is InChI=1S/C15H21NO/c1-12(2)13-5-3-4-6-14(13)16-9-7-15(8-10-16)11-17-15/h3-6,12H,7-11H2,1-2H3. The lowest BCUT2D eigenvalue weighted by Crippen LogP contribution is -2.38. The minimum atomic E-state index is 0.281. The van der Waals surface area contributed by atoms with E-state index in [9.17, 15) is 0 Å². The Labute approximate surface area is 104 Å². The highest BCUT2D eigenvalue weighted by Gasteiger charge is 2.46. The Hall–Kier alpha value is -1.02. The first-order valence-electron chi connectivity index (χ1n) is 6.68. The number of hydrogen-bond donors (Lipinski definition) is 0. The van der Waals surface area contributed by atoms with E-state index in [1.807, 2.05) is 0 Å². The van der Waals surface area contributed by atoms with E-state index in [1.54, 1.807) is 0 Å². The van der Waals surface area contributed by atoms with Crippen molar-refractivity contribution in [3.05, 3.63) is 29.8 Å². The third kappa shape index (κ3) is 2.06. The van der Waals surface area contributed by atoms with E-state index in [0.717, 1.165) is 19.7 Å². The molecule has 2 heteroatoms. The fourth-order valence-corrected chi connectivity index (χ4v) is 2.81. The number of anilines is 1. The molecule has 2 fully saturated rings. The molecule has 1 aromatic carbocycles. The summed E-state index contributed by atoms with van der Waals surface area (Å²) in [6, 6.07) is 8.83. The quantitative estimate of drug-likeness (QED) is 0.727. The Kier molecular flexibility index (Phi) is 2.62. The molecule has 92 valence electrons. The topological polar surface area (TPSA) is 15.8 Å². The third-order valence-corrected chi connectivity index (χ3v) is 4.13. The van der Waals surface area contributed by atoms with E-state index < -0.39 is 0 Å². The molecule has 2 aliphatic rings. The van der Waals surface area contributed by atoms with Crippen LogP contribution in [-0.2, 0) is 4.74 Å². The Morgan fingerprint density at radius 2 is 1.82 bits per heavy atom. The fraction of sp³-hybridized carbons (Fsp3) is 0.600.